The third-order valence-electron chi connectivity index (χ3n) is 3.10. The van der Waals surface area contributed by atoms with Crippen LogP contribution in [0.2, 0.25) is 0 Å². The third kappa shape index (κ3) is 7.42. The van der Waals surface area contributed by atoms with Crippen molar-refractivity contribution < 1.29 is 32.7 Å². The van der Waals surface area contributed by atoms with Crippen LogP contribution in [-0.2, 0) is 14.4 Å². The van der Waals surface area contributed by atoms with E-state index in [4.69, 9.17) is 16.6 Å². The van der Waals surface area contributed by atoms with E-state index in [9.17, 15) is 27.6 Å². The van der Waals surface area contributed by atoms with Crippen LogP contribution >= 0.6 is 0 Å². The van der Waals surface area contributed by atoms with Gasteiger partial charge in [-0.1, -0.05) is 6.42 Å². The molecule has 10 heteroatoms. The first kappa shape index (κ1) is 21.3. The Labute approximate surface area is 131 Å². The molecule has 2 amide bonds. The number of carbonyl (C=O) groups is 3. The Kier molecular flexibility index (Phi) is 9.42. The smallest absolute Gasteiger partial charge is 0.471 e. The highest BCUT2D eigenvalue weighted by atomic mass is 19.4. The second-order valence-corrected chi connectivity index (χ2v) is 4.95. The van der Waals surface area contributed by atoms with E-state index in [1.54, 1.807) is 0 Å². The zero-order valence-corrected chi connectivity index (χ0v) is 12.6. The summed E-state index contributed by atoms with van der Waals surface area (Å²) in [6.07, 6.45) is -4.65. The van der Waals surface area contributed by atoms with Crippen LogP contribution in [0.15, 0.2) is 0 Å². The Morgan fingerprint density at radius 2 is 1.57 bits per heavy atom. The maximum absolute atomic E-state index is 12.7. The molecule has 0 fully saturated rings. The molecule has 1 atom stereocenters. The molecule has 0 aromatic rings. The second kappa shape index (κ2) is 10.2. The lowest BCUT2D eigenvalue weighted by Crippen LogP contribution is -2.53. The minimum Gasteiger partial charge on any atom is -0.480 e. The van der Waals surface area contributed by atoms with E-state index in [0.29, 0.717) is 19.4 Å². The topological polar surface area (TPSA) is 127 Å². The Hall–Kier alpha value is -1.68. The number of aliphatic carboxylic acids is 1. The summed E-state index contributed by atoms with van der Waals surface area (Å²) >= 11 is 0. The number of halogens is 3. The number of nitrogens with zero attached hydrogens (tertiary/aromatic N) is 1. The van der Waals surface area contributed by atoms with Crippen molar-refractivity contribution in [3.05, 3.63) is 0 Å². The lowest BCUT2D eigenvalue weighted by molar-refractivity contribution is -0.192. The summed E-state index contributed by atoms with van der Waals surface area (Å²) in [7, 11) is 0. The fraction of sp³-hybridized carbons (Fsp3) is 0.769. The van der Waals surface area contributed by atoms with Gasteiger partial charge in [-0.3, -0.25) is 14.5 Å². The second-order valence-electron chi connectivity index (χ2n) is 4.95. The van der Waals surface area contributed by atoms with Gasteiger partial charge < -0.3 is 16.6 Å². The van der Waals surface area contributed by atoms with Crippen LogP contribution in [0.25, 0.3) is 0 Å². The maximum Gasteiger partial charge on any atom is 0.471 e. The number of unbranched alkanes of at least 4 members (excludes halogenated alkanes) is 2. The molecule has 0 saturated carbocycles. The van der Waals surface area contributed by atoms with Gasteiger partial charge in [-0.05, 0) is 38.8 Å². The fourth-order valence-electron chi connectivity index (χ4n) is 1.96. The van der Waals surface area contributed by atoms with Crippen LogP contribution in [-0.4, -0.2) is 53.1 Å². The van der Waals surface area contributed by atoms with Crippen molar-refractivity contribution in [2.75, 3.05) is 13.1 Å². The molecule has 23 heavy (non-hydrogen) atoms. The van der Waals surface area contributed by atoms with E-state index >= 15 is 0 Å². The molecule has 0 aliphatic carbocycles. The van der Waals surface area contributed by atoms with Crippen molar-refractivity contribution in [2.24, 2.45) is 11.5 Å². The van der Waals surface area contributed by atoms with Gasteiger partial charge in [-0.15, -0.1) is 0 Å². The molecular formula is C13H22F3N3O4. The maximum atomic E-state index is 12.7. The summed E-state index contributed by atoms with van der Waals surface area (Å²) < 4.78 is 38.0. The van der Waals surface area contributed by atoms with E-state index in [2.05, 4.69) is 0 Å². The zero-order chi connectivity index (χ0) is 18.0. The number of nitrogens with two attached hydrogens (primary N) is 2. The number of hydrogen-bond donors (Lipinski definition) is 3. The van der Waals surface area contributed by atoms with Crippen molar-refractivity contribution in [1.29, 1.82) is 0 Å². The predicted molar refractivity (Wildman–Crippen MR) is 75.1 cm³/mol. The van der Waals surface area contributed by atoms with Crippen LogP contribution < -0.4 is 11.5 Å². The SMILES string of the molecule is NCCCCCC(=O)N(C(=O)C(F)(F)F)[C@@H](CCCN)C(=O)O. The third-order valence-corrected chi connectivity index (χ3v) is 3.10. The average molecular weight is 341 g/mol. The largest absolute Gasteiger partial charge is 0.480 e. The average Bonchev–Trinajstić information content (AvgIpc) is 2.45. The molecule has 134 valence electrons. The highest BCUT2D eigenvalue weighted by Crippen LogP contribution is 2.23. The first-order valence-corrected chi connectivity index (χ1v) is 7.23. The highest BCUT2D eigenvalue weighted by molar-refractivity contribution is 6.01. The van der Waals surface area contributed by atoms with Crippen molar-refractivity contribution in [3.63, 3.8) is 0 Å². The van der Waals surface area contributed by atoms with Gasteiger partial charge in [0.25, 0.3) is 0 Å². The summed E-state index contributed by atoms with van der Waals surface area (Å²) in [6, 6.07) is -1.88. The molecule has 0 unspecified atom stereocenters. The molecule has 0 radical (unpaired) electrons. The normalized spacial score (nSPS) is 12.7. The van der Waals surface area contributed by atoms with Crippen LogP contribution in [0.3, 0.4) is 0 Å². The summed E-state index contributed by atoms with van der Waals surface area (Å²) in [4.78, 5) is 34.4. The molecular weight excluding hydrogens is 319 g/mol. The Morgan fingerprint density at radius 1 is 1.00 bits per heavy atom. The van der Waals surface area contributed by atoms with E-state index < -0.39 is 30.0 Å². The van der Waals surface area contributed by atoms with E-state index in [1.807, 2.05) is 0 Å². The Balaban J connectivity index is 5.23. The molecule has 0 bridgehead atoms. The van der Waals surface area contributed by atoms with Crippen molar-refractivity contribution in [3.8, 4) is 0 Å². The molecule has 0 aliphatic heterocycles. The molecule has 5 N–H and O–H groups in total. The van der Waals surface area contributed by atoms with Gasteiger partial charge in [0, 0.05) is 6.42 Å². The van der Waals surface area contributed by atoms with Gasteiger partial charge in [0.2, 0.25) is 5.91 Å². The molecule has 0 saturated heterocycles. The number of carbonyl (C=O) groups excluding carboxylic acids is 2. The zero-order valence-electron chi connectivity index (χ0n) is 12.6. The van der Waals surface area contributed by atoms with E-state index in [1.165, 1.54) is 0 Å². The van der Waals surface area contributed by atoms with Crippen LogP contribution in [0.5, 0.6) is 0 Å². The minimum atomic E-state index is -5.33. The number of hydrogen-bond acceptors (Lipinski definition) is 5. The van der Waals surface area contributed by atoms with Crippen molar-refractivity contribution in [2.45, 2.75) is 50.7 Å². The number of amides is 2. The standard InChI is InChI=1S/C13H22F3N3O4/c14-13(15,16)12(23)19(9(11(21)22)5-4-8-18)10(20)6-2-1-3-7-17/h9H,1-8,17-18H2,(H,21,22)/t9-/m0/s1. The monoisotopic (exact) mass is 341 g/mol. The Morgan fingerprint density at radius 3 is 2.00 bits per heavy atom. The van der Waals surface area contributed by atoms with Crippen LogP contribution in [0, 0.1) is 0 Å². The molecule has 0 spiro atoms. The summed E-state index contributed by atoms with van der Waals surface area (Å²) in [6.45, 7) is 0.399. The predicted octanol–water partition coefficient (Wildman–Crippen LogP) is 0.615. The van der Waals surface area contributed by atoms with Crippen molar-refractivity contribution >= 4 is 17.8 Å². The Bertz CT molecular complexity index is 416. The summed E-state index contributed by atoms with van der Waals surface area (Å²) in [5.74, 6) is -5.30. The van der Waals surface area contributed by atoms with Gasteiger partial charge in [0.15, 0.2) is 0 Å². The van der Waals surface area contributed by atoms with Gasteiger partial charge in [-0.2, -0.15) is 13.2 Å². The molecule has 0 aromatic heterocycles. The van der Waals surface area contributed by atoms with E-state index in [-0.39, 0.29) is 37.1 Å². The number of carboxylic acids is 1. The lowest BCUT2D eigenvalue weighted by atomic mass is 10.1. The van der Waals surface area contributed by atoms with Crippen LogP contribution in [0.1, 0.15) is 38.5 Å². The van der Waals surface area contributed by atoms with Crippen molar-refractivity contribution in [1.82, 2.24) is 4.90 Å². The molecule has 0 aliphatic rings. The first-order chi connectivity index (χ1) is 10.7. The molecule has 0 heterocycles. The first-order valence-electron chi connectivity index (χ1n) is 7.23. The van der Waals surface area contributed by atoms with Gasteiger partial charge >= 0.3 is 18.1 Å². The fourth-order valence-corrected chi connectivity index (χ4v) is 1.96. The van der Waals surface area contributed by atoms with Gasteiger partial charge in [0.1, 0.15) is 6.04 Å². The number of carboxylic acid groups (broad SMARTS) is 1. The van der Waals surface area contributed by atoms with Crippen LogP contribution in [0.4, 0.5) is 13.2 Å². The number of rotatable bonds is 10. The molecule has 0 aromatic carbocycles. The summed E-state index contributed by atoms with van der Waals surface area (Å²) in [5.41, 5.74) is 10.5. The van der Waals surface area contributed by atoms with E-state index in [0.717, 1.165) is 0 Å². The lowest BCUT2D eigenvalue weighted by Gasteiger charge is -2.28. The number of imide groups is 1. The minimum absolute atomic E-state index is 0.0303. The van der Waals surface area contributed by atoms with Gasteiger partial charge in [-0.25, -0.2) is 4.79 Å². The summed E-state index contributed by atoms with van der Waals surface area (Å²) in [5, 5.41) is 9.07. The quantitative estimate of drug-likeness (QED) is 0.500. The molecule has 7 nitrogen and oxygen atoms in total. The number of alkyl halides is 3. The molecule has 0 rings (SSSR count). The highest BCUT2D eigenvalue weighted by Gasteiger charge is 2.48. The van der Waals surface area contributed by atoms with Gasteiger partial charge in [0.05, 0.1) is 0 Å².